The molecule has 0 bridgehead atoms. The molecule has 2 aliphatic rings. The number of methoxy groups -OCH3 is 1. The van der Waals surface area contributed by atoms with Crippen LogP contribution in [0.1, 0.15) is 42.0 Å². The summed E-state index contributed by atoms with van der Waals surface area (Å²) in [7, 11) is 1.46. The molecule has 0 aliphatic heterocycles. The minimum absolute atomic E-state index is 0.0616. The van der Waals surface area contributed by atoms with Gasteiger partial charge in [-0.2, -0.15) is 5.26 Å². The molecule has 2 heterocycles. The van der Waals surface area contributed by atoms with E-state index in [0.717, 1.165) is 59.0 Å². The molecule has 6 heteroatoms. The largest absolute Gasteiger partial charge is 0.469 e. The van der Waals surface area contributed by atoms with Gasteiger partial charge in [-0.15, -0.1) is 11.3 Å². The van der Waals surface area contributed by atoms with Gasteiger partial charge in [-0.05, 0) is 83.9 Å². The van der Waals surface area contributed by atoms with Gasteiger partial charge < -0.3 is 9.72 Å². The predicted octanol–water partition coefficient (Wildman–Crippen LogP) is 7.02. The Morgan fingerprint density at radius 1 is 1.18 bits per heavy atom. The fraction of sp³-hybridized carbons (Fsp3) is 0.286. The Balaban J connectivity index is 1.35. The molecule has 0 amide bonds. The van der Waals surface area contributed by atoms with Crippen molar-refractivity contribution in [2.75, 3.05) is 7.11 Å². The van der Waals surface area contributed by atoms with E-state index in [1.807, 2.05) is 11.4 Å². The van der Waals surface area contributed by atoms with Crippen LogP contribution >= 0.6 is 11.3 Å². The third-order valence-electron chi connectivity index (χ3n) is 7.70. The first-order valence-electron chi connectivity index (χ1n) is 11.5. The molecule has 34 heavy (non-hydrogen) atoms. The van der Waals surface area contributed by atoms with Crippen molar-refractivity contribution < 1.29 is 13.9 Å². The maximum absolute atomic E-state index is 14.2. The van der Waals surface area contributed by atoms with Gasteiger partial charge in [-0.1, -0.05) is 18.2 Å². The van der Waals surface area contributed by atoms with E-state index < -0.39 is 0 Å². The molecule has 0 atom stereocenters. The fourth-order valence-corrected chi connectivity index (χ4v) is 6.76. The second kappa shape index (κ2) is 7.82. The molecule has 170 valence electrons. The maximum Gasteiger partial charge on any atom is 0.308 e. The van der Waals surface area contributed by atoms with E-state index in [0.29, 0.717) is 16.2 Å². The van der Waals surface area contributed by atoms with Crippen molar-refractivity contribution in [2.45, 2.75) is 31.6 Å². The molecule has 2 fully saturated rings. The molecular formula is C28H23FN2O2S. The van der Waals surface area contributed by atoms with E-state index in [1.54, 1.807) is 6.07 Å². The van der Waals surface area contributed by atoms with Gasteiger partial charge in [0, 0.05) is 22.0 Å². The second-order valence-corrected chi connectivity index (χ2v) is 10.6. The lowest BCUT2D eigenvalue weighted by Crippen LogP contribution is -2.49. The number of ether oxygens (including phenoxy) is 1. The van der Waals surface area contributed by atoms with Crippen molar-refractivity contribution in [3.8, 4) is 28.5 Å². The van der Waals surface area contributed by atoms with Crippen LogP contribution in [0.5, 0.6) is 0 Å². The molecule has 0 saturated heterocycles. The number of nitrogens with zero attached hydrogens (tertiary/aromatic N) is 1. The second-order valence-electron chi connectivity index (χ2n) is 9.70. The Hall–Kier alpha value is -3.43. The molecule has 1 N–H and O–H groups in total. The number of benzene rings is 2. The van der Waals surface area contributed by atoms with Crippen LogP contribution in [0.4, 0.5) is 4.39 Å². The third kappa shape index (κ3) is 3.26. The average Bonchev–Trinajstić information content (AvgIpc) is 3.40. The number of rotatable bonds is 4. The first kappa shape index (κ1) is 21.1. The van der Waals surface area contributed by atoms with E-state index in [2.05, 4.69) is 35.3 Å². The maximum atomic E-state index is 14.2. The van der Waals surface area contributed by atoms with Gasteiger partial charge in [0.05, 0.1) is 18.7 Å². The number of nitrogens with one attached hydrogen (secondary N) is 1. The molecule has 2 aromatic heterocycles. The van der Waals surface area contributed by atoms with Crippen LogP contribution in [0.15, 0.2) is 53.9 Å². The van der Waals surface area contributed by atoms with Crippen molar-refractivity contribution in [3.63, 3.8) is 0 Å². The lowest BCUT2D eigenvalue weighted by atomic mass is 9.47. The summed E-state index contributed by atoms with van der Waals surface area (Å²) >= 11 is 1.40. The highest BCUT2D eigenvalue weighted by Gasteiger charge is 2.55. The van der Waals surface area contributed by atoms with Crippen LogP contribution in [0, 0.1) is 28.5 Å². The Morgan fingerprint density at radius 2 is 2.00 bits per heavy atom. The van der Waals surface area contributed by atoms with E-state index in [4.69, 9.17) is 4.74 Å². The van der Waals surface area contributed by atoms with Crippen molar-refractivity contribution in [1.29, 1.82) is 5.26 Å². The van der Waals surface area contributed by atoms with E-state index in [1.165, 1.54) is 36.1 Å². The number of carbonyl (C=O) groups is 1. The molecule has 6 rings (SSSR count). The van der Waals surface area contributed by atoms with Gasteiger partial charge in [0.25, 0.3) is 0 Å². The van der Waals surface area contributed by atoms with Gasteiger partial charge in [-0.25, -0.2) is 4.39 Å². The van der Waals surface area contributed by atoms with Gasteiger partial charge in [-0.3, -0.25) is 4.79 Å². The highest BCUT2D eigenvalue weighted by atomic mass is 32.1. The Labute approximate surface area is 201 Å². The zero-order valence-electron chi connectivity index (χ0n) is 18.7. The minimum Gasteiger partial charge on any atom is -0.469 e. The summed E-state index contributed by atoms with van der Waals surface area (Å²) in [5.74, 6) is 0.155. The van der Waals surface area contributed by atoms with Crippen LogP contribution in [0.3, 0.4) is 0 Å². The standard InChI is InChI=1S/C28H23FN2O2S/c1-33-27(32)19-13-28(14-19)11-18(12-28)16-3-2-4-17(9-16)26-25(21-7-8-34-24(21)15-30)22-10-20(29)5-6-23(22)31-26/h2-10,18-19,31H,11-14H2,1H3. The van der Waals surface area contributed by atoms with Crippen LogP contribution < -0.4 is 0 Å². The van der Waals surface area contributed by atoms with Gasteiger partial charge in [0.15, 0.2) is 0 Å². The number of esters is 1. The molecule has 2 aromatic carbocycles. The first-order chi connectivity index (χ1) is 16.5. The van der Waals surface area contributed by atoms with Gasteiger partial charge >= 0.3 is 5.97 Å². The number of hydrogen-bond donors (Lipinski definition) is 1. The number of nitriles is 1. The third-order valence-corrected chi connectivity index (χ3v) is 8.51. The Kier molecular flexibility index (Phi) is 4.86. The van der Waals surface area contributed by atoms with Crippen molar-refractivity contribution in [1.82, 2.24) is 4.98 Å². The SMILES string of the molecule is COC(=O)C1CC2(C1)CC(c1cccc(-c3[nH]c4ccc(F)cc4c3-c3ccsc3C#N)c1)C2. The topological polar surface area (TPSA) is 65.9 Å². The zero-order valence-corrected chi connectivity index (χ0v) is 19.5. The number of aromatic amines is 1. The highest BCUT2D eigenvalue weighted by Crippen LogP contribution is 2.64. The lowest BCUT2D eigenvalue weighted by Gasteiger charge is -2.57. The number of hydrogen-bond acceptors (Lipinski definition) is 4. The smallest absolute Gasteiger partial charge is 0.308 e. The summed E-state index contributed by atoms with van der Waals surface area (Å²) < 4.78 is 19.1. The molecule has 2 aliphatic carbocycles. The van der Waals surface area contributed by atoms with E-state index in [-0.39, 0.29) is 17.7 Å². The molecule has 2 saturated carbocycles. The molecular weight excluding hydrogens is 447 g/mol. The van der Waals surface area contributed by atoms with Gasteiger partial charge in [0.2, 0.25) is 0 Å². The zero-order chi connectivity index (χ0) is 23.4. The first-order valence-corrected chi connectivity index (χ1v) is 12.4. The van der Waals surface area contributed by atoms with Crippen LogP contribution in [-0.2, 0) is 9.53 Å². The predicted molar refractivity (Wildman–Crippen MR) is 131 cm³/mol. The number of aromatic nitrogens is 1. The normalized spacial score (nSPS) is 23.3. The summed E-state index contributed by atoms with van der Waals surface area (Å²) in [6, 6.07) is 17.5. The summed E-state index contributed by atoms with van der Waals surface area (Å²) in [4.78, 5) is 15.9. The van der Waals surface area contributed by atoms with Gasteiger partial charge in [0.1, 0.15) is 16.8 Å². The monoisotopic (exact) mass is 470 g/mol. The minimum atomic E-state index is -0.299. The lowest BCUT2D eigenvalue weighted by molar-refractivity contribution is -0.159. The van der Waals surface area contributed by atoms with Crippen LogP contribution in [0.2, 0.25) is 0 Å². The number of thiophene rings is 1. The van der Waals surface area contributed by atoms with Crippen molar-refractivity contribution in [3.05, 3.63) is 70.2 Å². The van der Waals surface area contributed by atoms with E-state index >= 15 is 0 Å². The van der Waals surface area contributed by atoms with E-state index in [9.17, 15) is 14.4 Å². The molecule has 4 aromatic rings. The number of halogens is 1. The highest BCUT2D eigenvalue weighted by molar-refractivity contribution is 7.11. The Morgan fingerprint density at radius 3 is 2.76 bits per heavy atom. The molecule has 0 unspecified atom stereocenters. The summed E-state index contributed by atoms with van der Waals surface area (Å²) in [5, 5.41) is 12.3. The summed E-state index contributed by atoms with van der Waals surface area (Å²) in [6.07, 6.45) is 4.06. The van der Waals surface area contributed by atoms with Crippen molar-refractivity contribution >= 4 is 28.2 Å². The number of H-pyrrole nitrogens is 1. The van der Waals surface area contributed by atoms with Crippen molar-refractivity contribution in [2.24, 2.45) is 11.3 Å². The number of carbonyl (C=O) groups excluding carboxylic acids is 1. The number of fused-ring (bicyclic) bond motifs is 1. The molecule has 4 nitrogen and oxygen atoms in total. The molecule has 1 spiro atoms. The molecule has 0 radical (unpaired) electrons. The average molecular weight is 471 g/mol. The summed E-state index contributed by atoms with van der Waals surface area (Å²) in [5.41, 5.74) is 6.05. The Bertz CT molecular complexity index is 1460. The van der Waals surface area contributed by atoms with Crippen LogP contribution in [-0.4, -0.2) is 18.1 Å². The quantitative estimate of drug-likeness (QED) is 0.326. The fourth-order valence-electron chi connectivity index (χ4n) is 6.07. The van der Waals surface area contributed by atoms with Crippen LogP contribution in [0.25, 0.3) is 33.3 Å². The summed E-state index contributed by atoms with van der Waals surface area (Å²) in [6.45, 7) is 0.